The summed E-state index contributed by atoms with van der Waals surface area (Å²) in [5.74, 6) is 0. The molecule has 3 heteroatoms. The second-order valence-electron chi connectivity index (χ2n) is 2.80. The van der Waals surface area contributed by atoms with Crippen LogP contribution in [0.15, 0.2) is 11.4 Å². The lowest BCUT2D eigenvalue weighted by Gasteiger charge is -2.26. The second-order valence-corrected chi connectivity index (χ2v) is 3.80. The number of rotatable bonds is 2. The third-order valence-electron chi connectivity index (χ3n) is 2.06. The standard InChI is InChI=1S/C8H11NOS/c10-4-7-3-6(5-11-7)8-1-2-9-8/h3,5,8-10H,1-2,4H2. The third kappa shape index (κ3) is 1.31. The van der Waals surface area contributed by atoms with Crippen molar-refractivity contribution in [1.29, 1.82) is 0 Å². The quantitative estimate of drug-likeness (QED) is 0.699. The fourth-order valence-electron chi connectivity index (χ4n) is 1.24. The first kappa shape index (κ1) is 7.28. The Hall–Kier alpha value is -0.380. The molecule has 2 N–H and O–H groups in total. The number of aliphatic hydroxyl groups is 1. The molecule has 2 nitrogen and oxygen atoms in total. The Labute approximate surface area is 69.9 Å². The van der Waals surface area contributed by atoms with E-state index in [1.807, 2.05) is 0 Å². The third-order valence-corrected chi connectivity index (χ3v) is 3.00. The summed E-state index contributed by atoms with van der Waals surface area (Å²) in [5.41, 5.74) is 1.34. The van der Waals surface area contributed by atoms with Gasteiger partial charge in [0.25, 0.3) is 0 Å². The van der Waals surface area contributed by atoms with Gasteiger partial charge in [0, 0.05) is 10.9 Å². The highest BCUT2D eigenvalue weighted by atomic mass is 32.1. The molecule has 60 valence electrons. The fourth-order valence-corrected chi connectivity index (χ4v) is 2.03. The van der Waals surface area contributed by atoms with Crippen LogP contribution in [0.2, 0.25) is 0 Å². The van der Waals surface area contributed by atoms with Gasteiger partial charge in [-0.05, 0) is 30.0 Å². The largest absolute Gasteiger partial charge is 0.391 e. The Morgan fingerprint density at radius 2 is 2.55 bits per heavy atom. The predicted molar refractivity (Wildman–Crippen MR) is 45.6 cm³/mol. The maximum atomic E-state index is 8.81. The summed E-state index contributed by atoms with van der Waals surface area (Å²) < 4.78 is 0. The zero-order valence-electron chi connectivity index (χ0n) is 6.21. The van der Waals surface area contributed by atoms with Crippen LogP contribution in [0.4, 0.5) is 0 Å². The molecule has 1 atom stereocenters. The van der Waals surface area contributed by atoms with Gasteiger partial charge < -0.3 is 10.4 Å². The van der Waals surface area contributed by atoms with Gasteiger partial charge in [-0.1, -0.05) is 0 Å². The summed E-state index contributed by atoms with van der Waals surface area (Å²) >= 11 is 1.64. The van der Waals surface area contributed by atoms with E-state index in [9.17, 15) is 0 Å². The van der Waals surface area contributed by atoms with Gasteiger partial charge in [0.15, 0.2) is 0 Å². The lowest BCUT2D eigenvalue weighted by atomic mass is 10.0. The van der Waals surface area contributed by atoms with E-state index >= 15 is 0 Å². The lowest BCUT2D eigenvalue weighted by molar-refractivity contribution is 0.285. The van der Waals surface area contributed by atoms with Gasteiger partial charge in [0.1, 0.15) is 0 Å². The predicted octanol–water partition coefficient (Wildman–Crippen LogP) is 1.27. The van der Waals surface area contributed by atoms with Crippen LogP contribution in [0.1, 0.15) is 22.9 Å². The first-order valence-corrected chi connectivity index (χ1v) is 4.69. The van der Waals surface area contributed by atoms with Gasteiger partial charge in [-0.25, -0.2) is 0 Å². The molecule has 0 saturated carbocycles. The first-order chi connectivity index (χ1) is 5.40. The summed E-state index contributed by atoms with van der Waals surface area (Å²) in [7, 11) is 0. The average Bonchev–Trinajstić information content (AvgIpc) is 2.32. The molecule has 0 radical (unpaired) electrons. The van der Waals surface area contributed by atoms with Crippen LogP contribution in [0.3, 0.4) is 0 Å². The van der Waals surface area contributed by atoms with Crippen LogP contribution in [-0.4, -0.2) is 11.7 Å². The van der Waals surface area contributed by atoms with Crippen LogP contribution in [-0.2, 0) is 6.61 Å². The summed E-state index contributed by atoms with van der Waals surface area (Å²) in [6.45, 7) is 1.31. The number of aliphatic hydroxyl groups excluding tert-OH is 1. The van der Waals surface area contributed by atoms with Crippen molar-refractivity contribution in [2.45, 2.75) is 19.1 Å². The van der Waals surface area contributed by atoms with E-state index in [-0.39, 0.29) is 6.61 Å². The maximum Gasteiger partial charge on any atom is 0.0774 e. The molecule has 0 aliphatic carbocycles. The highest BCUT2D eigenvalue weighted by molar-refractivity contribution is 7.10. The van der Waals surface area contributed by atoms with Crippen LogP contribution in [0, 0.1) is 0 Å². The minimum atomic E-state index is 0.178. The van der Waals surface area contributed by atoms with Crippen LogP contribution in [0.25, 0.3) is 0 Å². The summed E-state index contributed by atoms with van der Waals surface area (Å²) in [5, 5.41) is 14.3. The van der Waals surface area contributed by atoms with Crippen molar-refractivity contribution in [2.75, 3.05) is 6.54 Å². The molecule has 0 aromatic carbocycles. The van der Waals surface area contributed by atoms with Crippen LogP contribution in [0.5, 0.6) is 0 Å². The fraction of sp³-hybridized carbons (Fsp3) is 0.500. The molecule has 0 spiro atoms. The molecule has 2 rings (SSSR count). The molecule has 1 fully saturated rings. The molecule has 1 aromatic heterocycles. The summed E-state index contributed by atoms with van der Waals surface area (Å²) in [6.07, 6.45) is 1.24. The molecule has 2 heterocycles. The van der Waals surface area contributed by atoms with Gasteiger partial charge in [0.05, 0.1) is 6.61 Å². The Morgan fingerprint density at radius 1 is 1.73 bits per heavy atom. The molecular formula is C8H11NOS. The van der Waals surface area contributed by atoms with Crippen molar-refractivity contribution in [3.8, 4) is 0 Å². The topological polar surface area (TPSA) is 32.3 Å². The van der Waals surface area contributed by atoms with Crippen molar-refractivity contribution in [3.63, 3.8) is 0 Å². The summed E-state index contributed by atoms with van der Waals surface area (Å²) in [4.78, 5) is 1.06. The second kappa shape index (κ2) is 2.93. The minimum Gasteiger partial charge on any atom is -0.391 e. The van der Waals surface area contributed by atoms with Gasteiger partial charge in [0.2, 0.25) is 0 Å². The van der Waals surface area contributed by atoms with Gasteiger partial charge >= 0.3 is 0 Å². The first-order valence-electron chi connectivity index (χ1n) is 3.81. The highest BCUT2D eigenvalue weighted by Gasteiger charge is 2.18. The number of hydrogen-bond acceptors (Lipinski definition) is 3. The molecule has 1 aliphatic heterocycles. The van der Waals surface area contributed by atoms with Crippen molar-refractivity contribution in [3.05, 3.63) is 21.9 Å². The molecule has 1 saturated heterocycles. The Morgan fingerprint density at radius 3 is 3.00 bits per heavy atom. The number of hydrogen-bond donors (Lipinski definition) is 2. The molecule has 11 heavy (non-hydrogen) atoms. The van der Waals surface area contributed by atoms with E-state index in [1.165, 1.54) is 12.0 Å². The van der Waals surface area contributed by atoms with Gasteiger partial charge in [-0.2, -0.15) is 0 Å². The SMILES string of the molecule is OCc1cc(C2CCN2)cs1. The monoisotopic (exact) mass is 169 g/mol. The van der Waals surface area contributed by atoms with E-state index in [2.05, 4.69) is 16.8 Å². The number of nitrogens with one attached hydrogen (secondary N) is 1. The van der Waals surface area contributed by atoms with Crippen molar-refractivity contribution < 1.29 is 5.11 Å². The van der Waals surface area contributed by atoms with Gasteiger partial charge in [-0.15, -0.1) is 11.3 Å². The zero-order valence-corrected chi connectivity index (χ0v) is 7.03. The van der Waals surface area contributed by atoms with Crippen molar-refractivity contribution in [1.82, 2.24) is 5.32 Å². The Bertz CT molecular complexity index is 242. The average molecular weight is 169 g/mol. The maximum absolute atomic E-state index is 8.81. The molecule has 0 bridgehead atoms. The zero-order chi connectivity index (χ0) is 7.68. The van der Waals surface area contributed by atoms with Crippen LogP contribution < -0.4 is 5.32 Å². The summed E-state index contributed by atoms with van der Waals surface area (Å²) in [6, 6.07) is 2.65. The Kier molecular flexibility index (Phi) is 1.94. The van der Waals surface area contributed by atoms with Crippen LogP contribution >= 0.6 is 11.3 Å². The van der Waals surface area contributed by atoms with E-state index in [0.717, 1.165) is 11.4 Å². The van der Waals surface area contributed by atoms with E-state index in [4.69, 9.17) is 5.11 Å². The molecule has 1 aromatic rings. The lowest BCUT2D eigenvalue weighted by Crippen LogP contribution is -2.34. The van der Waals surface area contributed by atoms with Crippen molar-refractivity contribution >= 4 is 11.3 Å². The normalized spacial score (nSPS) is 23.2. The minimum absolute atomic E-state index is 0.178. The van der Waals surface area contributed by atoms with E-state index in [1.54, 1.807) is 11.3 Å². The smallest absolute Gasteiger partial charge is 0.0774 e. The molecule has 1 aliphatic rings. The van der Waals surface area contributed by atoms with E-state index in [0.29, 0.717) is 6.04 Å². The highest BCUT2D eigenvalue weighted by Crippen LogP contribution is 2.26. The van der Waals surface area contributed by atoms with Gasteiger partial charge in [-0.3, -0.25) is 0 Å². The molecule has 1 unspecified atom stereocenters. The van der Waals surface area contributed by atoms with E-state index < -0.39 is 0 Å². The molecular weight excluding hydrogens is 158 g/mol. The molecule has 0 amide bonds. The van der Waals surface area contributed by atoms with Crippen molar-refractivity contribution in [2.24, 2.45) is 0 Å². The Balaban J connectivity index is 2.11. The number of thiophene rings is 1.